The van der Waals surface area contributed by atoms with Crippen molar-refractivity contribution < 1.29 is 4.79 Å². The molecular weight excluding hydrogens is 358 g/mol. The second-order valence-corrected chi connectivity index (χ2v) is 7.21. The van der Waals surface area contributed by atoms with Crippen LogP contribution < -0.4 is 5.32 Å². The molecule has 0 saturated heterocycles. The van der Waals surface area contributed by atoms with Gasteiger partial charge >= 0.3 is 0 Å². The van der Waals surface area contributed by atoms with E-state index in [-0.39, 0.29) is 5.91 Å². The topological polar surface area (TPSA) is 29.1 Å². The van der Waals surface area contributed by atoms with E-state index in [4.69, 9.17) is 11.6 Å². The third kappa shape index (κ3) is 8.18. The number of alkyl halides is 1. The van der Waals surface area contributed by atoms with Gasteiger partial charge in [0.2, 0.25) is 5.91 Å². The lowest BCUT2D eigenvalue weighted by atomic mass is 10.2. The Hall–Kier alpha value is -0.190. The van der Waals surface area contributed by atoms with Crippen molar-refractivity contribution in [1.82, 2.24) is 5.32 Å². The van der Waals surface area contributed by atoms with Crippen molar-refractivity contribution in [1.29, 1.82) is 0 Å². The van der Waals surface area contributed by atoms with Gasteiger partial charge in [0.15, 0.2) is 0 Å². The lowest BCUT2D eigenvalue weighted by Gasteiger charge is -2.12. The molecule has 1 aromatic rings. The molecule has 0 aromatic heterocycles. The largest absolute Gasteiger partial charge is 0.356 e. The van der Waals surface area contributed by atoms with Gasteiger partial charge in [-0.25, -0.2) is 0 Å². The highest BCUT2D eigenvalue weighted by molar-refractivity contribution is 9.10. The Kier molecular flexibility index (Phi) is 9.40. The zero-order valence-corrected chi connectivity index (χ0v) is 14.9. The van der Waals surface area contributed by atoms with Gasteiger partial charge in [-0.3, -0.25) is 4.79 Å². The summed E-state index contributed by atoms with van der Waals surface area (Å²) in [6, 6.07) is 8.30. The van der Waals surface area contributed by atoms with E-state index in [9.17, 15) is 4.79 Å². The number of nitrogens with one attached hydrogen (secondary N) is 1. The van der Waals surface area contributed by atoms with Crippen LogP contribution in [0.3, 0.4) is 0 Å². The summed E-state index contributed by atoms with van der Waals surface area (Å²) in [7, 11) is 0. The van der Waals surface area contributed by atoms with Gasteiger partial charge in [0.05, 0.1) is 0 Å². The van der Waals surface area contributed by atoms with Crippen molar-refractivity contribution in [2.45, 2.75) is 31.1 Å². The van der Waals surface area contributed by atoms with Crippen molar-refractivity contribution in [3.63, 3.8) is 0 Å². The van der Waals surface area contributed by atoms with Crippen molar-refractivity contribution >= 4 is 45.2 Å². The lowest BCUT2D eigenvalue weighted by Crippen LogP contribution is -2.28. The Morgan fingerprint density at radius 1 is 1.35 bits per heavy atom. The highest BCUT2D eigenvalue weighted by atomic mass is 79.9. The summed E-state index contributed by atoms with van der Waals surface area (Å²) in [5, 5.41) is 2.98. The van der Waals surface area contributed by atoms with Gasteiger partial charge in [0.25, 0.3) is 0 Å². The van der Waals surface area contributed by atoms with Crippen molar-refractivity contribution in [2.75, 3.05) is 18.2 Å². The molecule has 0 saturated carbocycles. The number of unbranched alkanes of at least 4 members (excludes halogenated alkanes) is 1. The first-order valence-electron chi connectivity index (χ1n) is 6.83. The molecule has 0 bridgehead atoms. The van der Waals surface area contributed by atoms with Crippen molar-refractivity contribution in [2.24, 2.45) is 5.92 Å². The van der Waals surface area contributed by atoms with Gasteiger partial charge in [-0.1, -0.05) is 22.9 Å². The molecular formula is C15H21BrClNOS. The van der Waals surface area contributed by atoms with Crippen LogP contribution in [0, 0.1) is 5.92 Å². The van der Waals surface area contributed by atoms with Crippen LogP contribution in [0.2, 0.25) is 0 Å². The summed E-state index contributed by atoms with van der Waals surface area (Å²) in [5.74, 6) is 2.23. The molecule has 1 N–H and O–H groups in total. The summed E-state index contributed by atoms with van der Waals surface area (Å²) >= 11 is 10.8. The average molecular weight is 379 g/mol. The number of hydrogen-bond donors (Lipinski definition) is 1. The Bertz CT molecular complexity index is 399. The molecule has 1 amide bonds. The van der Waals surface area contributed by atoms with Gasteiger partial charge in [-0.15, -0.1) is 23.4 Å². The van der Waals surface area contributed by atoms with Gasteiger partial charge in [0.1, 0.15) is 0 Å². The van der Waals surface area contributed by atoms with E-state index in [1.54, 1.807) is 0 Å². The fourth-order valence-corrected chi connectivity index (χ4v) is 2.96. The second kappa shape index (κ2) is 10.5. The molecule has 0 spiro atoms. The molecule has 0 aliphatic rings. The van der Waals surface area contributed by atoms with E-state index in [0.717, 1.165) is 29.6 Å². The van der Waals surface area contributed by atoms with Crippen LogP contribution in [-0.2, 0) is 4.79 Å². The summed E-state index contributed by atoms with van der Waals surface area (Å²) in [6.07, 6.45) is 2.36. The highest BCUT2D eigenvalue weighted by Gasteiger charge is 2.06. The highest BCUT2D eigenvalue weighted by Crippen LogP contribution is 2.22. The maximum atomic E-state index is 11.6. The number of carbonyl (C=O) groups is 1. The molecule has 0 radical (unpaired) electrons. The Morgan fingerprint density at radius 2 is 2.05 bits per heavy atom. The van der Waals surface area contributed by atoms with Crippen molar-refractivity contribution in [3.8, 4) is 0 Å². The summed E-state index contributed by atoms with van der Waals surface area (Å²) in [5.41, 5.74) is 0. The SMILES string of the molecule is C[C@H](CNC(=O)CCCCCl)CSc1ccc(Br)cc1. The summed E-state index contributed by atoms with van der Waals surface area (Å²) < 4.78 is 1.10. The lowest BCUT2D eigenvalue weighted by molar-refractivity contribution is -0.121. The first-order valence-corrected chi connectivity index (χ1v) is 9.14. The quantitative estimate of drug-likeness (QED) is 0.383. The van der Waals surface area contributed by atoms with E-state index in [1.165, 1.54) is 4.90 Å². The zero-order valence-electron chi connectivity index (χ0n) is 11.7. The van der Waals surface area contributed by atoms with Gasteiger partial charge in [-0.05, 0) is 43.0 Å². The maximum Gasteiger partial charge on any atom is 0.220 e. The van der Waals surface area contributed by atoms with Gasteiger partial charge < -0.3 is 5.32 Å². The predicted octanol–water partition coefficient (Wildman–Crippen LogP) is 4.70. The minimum Gasteiger partial charge on any atom is -0.356 e. The molecule has 1 aromatic carbocycles. The third-order valence-corrected chi connectivity index (χ3v) is 4.92. The van der Waals surface area contributed by atoms with Crippen LogP contribution in [-0.4, -0.2) is 24.1 Å². The molecule has 0 unspecified atom stereocenters. The molecule has 0 fully saturated rings. The molecule has 0 aliphatic heterocycles. The fraction of sp³-hybridized carbons (Fsp3) is 0.533. The molecule has 112 valence electrons. The van der Waals surface area contributed by atoms with E-state index >= 15 is 0 Å². The van der Waals surface area contributed by atoms with Crippen LogP contribution in [0.5, 0.6) is 0 Å². The number of hydrogen-bond acceptors (Lipinski definition) is 2. The van der Waals surface area contributed by atoms with E-state index in [2.05, 4.69) is 40.3 Å². The normalized spacial score (nSPS) is 12.2. The van der Waals surface area contributed by atoms with Crippen LogP contribution in [0.4, 0.5) is 0 Å². The average Bonchev–Trinajstić information content (AvgIpc) is 2.45. The number of amides is 1. The number of thioether (sulfide) groups is 1. The van der Waals surface area contributed by atoms with E-state index in [0.29, 0.717) is 18.2 Å². The summed E-state index contributed by atoms with van der Waals surface area (Å²) in [6.45, 7) is 2.90. The van der Waals surface area contributed by atoms with E-state index < -0.39 is 0 Å². The van der Waals surface area contributed by atoms with Crippen LogP contribution >= 0.6 is 39.3 Å². The second-order valence-electron chi connectivity index (χ2n) is 4.82. The van der Waals surface area contributed by atoms with Crippen molar-refractivity contribution in [3.05, 3.63) is 28.7 Å². The first-order chi connectivity index (χ1) is 9.61. The van der Waals surface area contributed by atoms with E-state index in [1.807, 2.05) is 23.9 Å². The molecule has 5 heteroatoms. The minimum absolute atomic E-state index is 0.135. The molecule has 1 atom stereocenters. The molecule has 2 nitrogen and oxygen atoms in total. The smallest absolute Gasteiger partial charge is 0.220 e. The molecule has 0 aliphatic carbocycles. The standard InChI is InChI=1S/C15H21BrClNOS/c1-12(10-18-15(19)4-2-3-9-17)11-20-14-7-5-13(16)6-8-14/h5-8,12H,2-4,9-11H2,1H3,(H,18,19)/t12-/m1/s1. The molecule has 20 heavy (non-hydrogen) atoms. The monoisotopic (exact) mass is 377 g/mol. The number of benzene rings is 1. The number of rotatable bonds is 9. The summed E-state index contributed by atoms with van der Waals surface area (Å²) in [4.78, 5) is 12.8. The zero-order chi connectivity index (χ0) is 14.8. The fourth-order valence-electron chi connectivity index (χ4n) is 1.58. The minimum atomic E-state index is 0.135. The number of halogens is 2. The Labute approximate surface area is 139 Å². The van der Waals surface area contributed by atoms with Crippen LogP contribution in [0.1, 0.15) is 26.2 Å². The maximum absolute atomic E-state index is 11.6. The Balaban J connectivity index is 2.15. The number of carbonyl (C=O) groups excluding carboxylic acids is 1. The predicted molar refractivity (Wildman–Crippen MR) is 91.6 cm³/mol. The van der Waals surface area contributed by atoms with Crippen LogP contribution in [0.25, 0.3) is 0 Å². The third-order valence-electron chi connectivity index (χ3n) is 2.78. The van der Waals surface area contributed by atoms with Gasteiger partial charge in [0, 0.05) is 34.0 Å². The van der Waals surface area contributed by atoms with Gasteiger partial charge in [-0.2, -0.15) is 0 Å². The molecule has 0 heterocycles. The van der Waals surface area contributed by atoms with Crippen LogP contribution in [0.15, 0.2) is 33.6 Å². The first kappa shape index (κ1) is 17.9. The Morgan fingerprint density at radius 3 is 2.70 bits per heavy atom. The molecule has 1 rings (SSSR count).